The molecule has 0 N–H and O–H groups in total. The molecule has 0 saturated carbocycles. The van der Waals surface area contributed by atoms with Crippen LogP contribution < -0.4 is 0 Å². The van der Waals surface area contributed by atoms with Crippen molar-refractivity contribution < 1.29 is 14.3 Å². The number of ketones is 1. The maximum absolute atomic E-state index is 12.0. The molecule has 1 aliphatic heterocycles. The molecule has 1 aromatic rings. The molecule has 0 aromatic carbocycles. The number of amides is 1. The summed E-state index contributed by atoms with van der Waals surface area (Å²) in [5.74, 6) is 0.0754. The lowest BCUT2D eigenvalue weighted by molar-refractivity contribution is 0.0735. The molecule has 2 rings (SSSR count). The van der Waals surface area contributed by atoms with Gasteiger partial charge in [-0.25, -0.2) is 4.79 Å². The summed E-state index contributed by atoms with van der Waals surface area (Å²) >= 11 is 7.13. The minimum atomic E-state index is -0.275. The van der Waals surface area contributed by atoms with Gasteiger partial charge in [0.1, 0.15) is 0 Å². The lowest BCUT2D eigenvalue weighted by Gasteiger charge is -2.33. The fraction of sp³-hybridized carbons (Fsp3) is 0.538. The van der Waals surface area contributed by atoms with E-state index in [1.807, 2.05) is 4.90 Å². The molecule has 1 fully saturated rings. The van der Waals surface area contributed by atoms with Crippen LogP contribution in [0.25, 0.3) is 0 Å². The first-order chi connectivity index (χ1) is 9.60. The Morgan fingerprint density at radius 2 is 2.00 bits per heavy atom. The number of piperazine rings is 1. The molecule has 0 spiro atoms. The van der Waals surface area contributed by atoms with Crippen molar-refractivity contribution in [2.24, 2.45) is 0 Å². The van der Waals surface area contributed by atoms with Crippen molar-refractivity contribution >= 4 is 34.8 Å². The highest BCUT2D eigenvalue weighted by molar-refractivity contribution is 7.18. The van der Waals surface area contributed by atoms with Gasteiger partial charge in [-0.2, -0.15) is 0 Å². The SMILES string of the molecule is CCOC(=O)N1CCN(CC(=O)c2ccc(Cl)s2)CC1. The second-order valence-electron chi connectivity index (χ2n) is 4.49. The third-order valence-electron chi connectivity index (χ3n) is 3.11. The van der Waals surface area contributed by atoms with Crippen molar-refractivity contribution in [1.82, 2.24) is 9.80 Å². The molecule has 0 radical (unpaired) electrons. The normalized spacial score (nSPS) is 16.2. The van der Waals surface area contributed by atoms with E-state index < -0.39 is 0 Å². The smallest absolute Gasteiger partial charge is 0.409 e. The van der Waals surface area contributed by atoms with Crippen LogP contribution in [0.2, 0.25) is 4.34 Å². The third kappa shape index (κ3) is 3.94. The second kappa shape index (κ2) is 7.06. The summed E-state index contributed by atoms with van der Waals surface area (Å²) in [5.41, 5.74) is 0. The Balaban J connectivity index is 1.80. The summed E-state index contributed by atoms with van der Waals surface area (Å²) in [6, 6.07) is 3.49. The highest BCUT2D eigenvalue weighted by atomic mass is 35.5. The van der Waals surface area contributed by atoms with Crippen molar-refractivity contribution in [1.29, 1.82) is 0 Å². The molecule has 7 heteroatoms. The van der Waals surface area contributed by atoms with Gasteiger partial charge in [0, 0.05) is 26.2 Å². The van der Waals surface area contributed by atoms with Gasteiger partial charge in [0.25, 0.3) is 0 Å². The van der Waals surface area contributed by atoms with E-state index in [4.69, 9.17) is 16.3 Å². The third-order valence-corrected chi connectivity index (χ3v) is 4.39. The fourth-order valence-electron chi connectivity index (χ4n) is 2.05. The highest BCUT2D eigenvalue weighted by Gasteiger charge is 2.23. The number of ether oxygens (including phenoxy) is 1. The predicted octanol–water partition coefficient (Wildman–Crippen LogP) is 2.36. The second-order valence-corrected chi connectivity index (χ2v) is 6.20. The van der Waals surface area contributed by atoms with Gasteiger partial charge in [0.2, 0.25) is 0 Å². The van der Waals surface area contributed by atoms with Crippen LogP contribution in [0.1, 0.15) is 16.6 Å². The molecule has 110 valence electrons. The first-order valence-electron chi connectivity index (χ1n) is 6.52. The Hall–Kier alpha value is -1.11. The first-order valence-corrected chi connectivity index (χ1v) is 7.72. The van der Waals surface area contributed by atoms with Gasteiger partial charge < -0.3 is 9.64 Å². The van der Waals surface area contributed by atoms with Crippen LogP contribution in [-0.2, 0) is 4.74 Å². The standard InChI is InChI=1S/C13H17ClN2O3S/c1-2-19-13(18)16-7-5-15(6-8-16)9-10(17)11-3-4-12(14)20-11/h3-4H,2,5-9H2,1H3. The van der Waals surface area contributed by atoms with E-state index in [-0.39, 0.29) is 11.9 Å². The molecular weight excluding hydrogens is 300 g/mol. The molecule has 0 atom stereocenters. The van der Waals surface area contributed by atoms with Crippen molar-refractivity contribution in [2.75, 3.05) is 39.3 Å². The molecule has 2 heterocycles. The lowest BCUT2D eigenvalue weighted by Crippen LogP contribution is -2.50. The number of hydrogen-bond donors (Lipinski definition) is 0. The Bertz CT molecular complexity index is 484. The Morgan fingerprint density at radius 3 is 2.55 bits per heavy atom. The Labute approximate surface area is 127 Å². The van der Waals surface area contributed by atoms with Crippen LogP contribution in [-0.4, -0.2) is 61.0 Å². The number of thiophene rings is 1. The summed E-state index contributed by atoms with van der Waals surface area (Å²) in [4.78, 5) is 28.0. The molecule has 1 aliphatic rings. The summed E-state index contributed by atoms with van der Waals surface area (Å²) in [7, 11) is 0. The molecular formula is C13H17ClN2O3S. The molecule has 1 saturated heterocycles. The van der Waals surface area contributed by atoms with Crippen LogP contribution >= 0.6 is 22.9 Å². The van der Waals surface area contributed by atoms with Crippen LogP contribution in [0.15, 0.2) is 12.1 Å². The molecule has 0 aliphatic carbocycles. The van der Waals surface area contributed by atoms with E-state index in [9.17, 15) is 9.59 Å². The molecule has 1 amide bonds. The average molecular weight is 317 g/mol. The van der Waals surface area contributed by atoms with E-state index in [1.165, 1.54) is 11.3 Å². The van der Waals surface area contributed by atoms with Crippen molar-refractivity contribution in [3.8, 4) is 0 Å². The van der Waals surface area contributed by atoms with Gasteiger partial charge in [-0.15, -0.1) is 11.3 Å². The van der Waals surface area contributed by atoms with Gasteiger partial charge in [-0.3, -0.25) is 9.69 Å². The number of carbonyl (C=O) groups is 2. The van der Waals surface area contributed by atoms with Gasteiger partial charge in [0.05, 0.1) is 22.4 Å². The van der Waals surface area contributed by atoms with Gasteiger partial charge in [-0.05, 0) is 19.1 Å². The maximum Gasteiger partial charge on any atom is 0.409 e. The molecule has 1 aromatic heterocycles. The van der Waals surface area contributed by atoms with Crippen molar-refractivity contribution in [2.45, 2.75) is 6.92 Å². The van der Waals surface area contributed by atoms with E-state index in [0.29, 0.717) is 48.5 Å². The van der Waals surface area contributed by atoms with Crippen LogP contribution in [0.3, 0.4) is 0 Å². The molecule has 5 nitrogen and oxygen atoms in total. The summed E-state index contributed by atoms with van der Waals surface area (Å²) < 4.78 is 5.58. The predicted molar refractivity (Wildman–Crippen MR) is 78.7 cm³/mol. The van der Waals surface area contributed by atoms with Gasteiger partial charge in [-0.1, -0.05) is 11.6 Å². The van der Waals surface area contributed by atoms with Gasteiger partial charge >= 0.3 is 6.09 Å². The number of carbonyl (C=O) groups excluding carboxylic acids is 2. The molecule has 20 heavy (non-hydrogen) atoms. The zero-order valence-corrected chi connectivity index (χ0v) is 12.9. The zero-order chi connectivity index (χ0) is 14.5. The summed E-state index contributed by atoms with van der Waals surface area (Å²) in [5, 5.41) is 0. The van der Waals surface area contributed by atoms with E-state index in [0.717, 1.165) is 0 Å². The Morgan fingerprint density at radius 1 is 1.30 bits per heavy atom. The largest absolute Gasteiger partial charge is 0.450 e. The topological polar surface area (TPSA) is 49.9 Å². The quantitative estimate of drug-likeness (QED) is 0.800. The zero-order valence-electron chi connectivity index (χ0n) is 11.3. The maximum atomic E-state index is 12.0. The number of rotatable bonds is 4. The van der Waals surface area contributed by atoms with Crippen LogP contribution in [0.5, 0.6) is 0 Å². The summed E-state index contributed by atoms with van der Waals surface area (Å²) in [6.45, 7) is 5.10. The van der Waals surface area contributed by atoms with Crippen molar-refractivity contribution in [3.05, 3.63) is 21.3 Å². The average Bonchev–Trinajstić information content (AvgIpc) is 2.86. The fourth-order valence-corrected chi connectivity index (χ4v) is 3.02. The van der Waals surface area contributed by atoms with E-state index >= 15 is 0 Å². The van der Waals surface area contributed by atoms with E-state index in [1.54, 1.807) is 24.0 Å². The summed E-state index contributed by atoms with van der Waals surface area (Å²) in [6.07, 6.45) is -0.275. The van der Waals surface area contributed by atoms with Crippen LogP contribution in [0.4, 0.5) is 4.79 Å². The first kappa shape index (κ1) is 15.3. The minimum absolute atomic E-state index is 0.0754. The van der Waals surface area contributed by atoms with Crippen LogP contribution in [0, 0.1) is 0 Å². The molecule has 0 unspecified atom stereocenters. The van der Waals surface area contributed by atoms with Crippen molar-refractivity contribution in [3.63, 3.8) is 0 Å². The lowest BCUT2D eigenvalue weighted by atomic mass is 10.2. The number of Topliss-reactive ketones (excluding diaryl/α,β-unsaturated/α-hetero) is 1. The highest BCUT2D eigenvalue weighted by Crippen LogP contribution is 2.22. The number of hydrogen-bond acceptors (Lipinski definition) is 5. The molecule has 0 bridgehead atoms. The van der Waals surface area contributed by atoms with Gasteiger partial charge in [0.15, 0.2) is 5.78 Å². The minimum Gasteiger partial charge on any atom is -0.450 e. The van der Waals surface area contributed by atoms with E-state index in [2.05, 4.69) is 0 Å². The monoisotopic (exact) mass is 316 g/mol. The number of halogens is 1. The Kier molecular flexibility index (Phi) is 5.39. The number of nitrogens with zero attached hydrogens (tertiary/aromatic N) is 2.